The second-order valence-electron chi connectivity index (χ2n) is 4.14. The minimum absolute atomic E-state index is 0.0899. The number of nitrogens with two attached hydrogens (primary N) is 1. The van der Waals surface area contributed by atoms with Gasteiger partial charge in [0.1, 0.15) is 5.82 Å². The Morgan fingerprint density at radius 3 is 2.83 bits per heavy atom. The maximum Gasteiger partial charge on any atom is 0.255 e. The van der Waals surface area contributed by atoms with E-state index in [2.05, 4.69) is 12.2 Å². The van der Waals surface area contributed by atoms with Crippen molar-refractivity contribution in [1.29, 1.82) is 0 Å². The van der Waals surface area contributed by atoms with Gasteiger partial charge in [0.15, 0.2) is 0 Å². The van der Waals surface area contributed by atoms with E-state index in [0.29, 0.717) is 10.1 Å². The fourth-order valence-electron chi connectivity index (χ4n) is 1.67. The summed E-state index contributed by atoms with van der Waals surface area (Å²) in [5, 5.41) is 2.79. The number of nitrogens with one attached hydrogen (secondary N) is 1. The lowest BCUT2D eigenvalue weighted by molar-refractivity contribution is 0.0930. The Kier molecular flexibility index (Phi) is 6.56. The van der Waals surface area contributed by atoms with E-state index in [1.807, 2.05) is 22.6 Å². The summed E-state index contributed by atoms with van der Waals surface area (Å²) < 4.78 is 14.2. The number of hydrogen-bond acceptors (Lipinski definition) is 2. The van der Waals surface area contributed by atoms with Gasteiger partial charge in [0.2, 0.25) is 0 Å². The van der Waals surface area contributed by atoms with Crippen LogP contribution in [-0.2, 0) is 0 Å². The molecule has 1 aromatic rings. The number of carbonyl (C=O) groups excluding carboxylic acids is 1. The Morgan fingerprint density at radius 2 is 2.28 bits per heavy atom. The summed E-state index contributed by atoms with van der Waals surface area (Å²) in [5.74, 6) is -0.880. The van der Waals surface area contributed by atoms with Gasteiger partial charge in [-0.25, -0.2) is 4.39 Å². The average molecular weight is 364 g/mol. The predicted octanol–water partition coefficient (Wildman–Crippen LogP) is 2.68. The molecular weight excluding hydrogens is 346 g/mol. The molecule has 18 heavy (non-hydrogen) atoms. The minimum Gasteiger partial charge on any atom is -0.348 e. The molecule has 1 atom stereocenters. The highest BCUT2D eigenvalue weighted by Crippen LogP contribution is 2.16. The molecule has 1 unspecified atom stereocenters. The van der Waals surface area contributed by atoms with Crippen molar-refractivity contribution in [3.63, 3.8) is 0 Å². The van der Waals surface area contributed by atoms with Crippen LogP contribution in [0.25, 0.3) is 0 Å². The van der Waals surface area contributed by atoms with Gasteiger partial charge in [0.25, 0.3) is 5.91 Å². The largest absolute Gasteiger partial charge is 0.348 e. The summed E-state index contributed by atoms with van der Waals surface area (Å²) >= 11 is 1.96. The number of benzene rings is 1. The van der Waals surface area contributed by atoms with Gasteiger partial charge >= 0.3 is 0 Å². The van der Waals surface area contributed by atoms with Crippen molar-refractivity contribution in [2.45, 2.75) is 32.2 Å². The van der Waals surface area contributed by atoms with E-state index >= 15 is 0 Å². The van der Waals surface area contributed by atoms with Crippen molar-refractivity contribution >= 4 is 28.5 Å². The summed E-state index contributed by atoms with van der Waals surface area (Å²) in [6.07, 6.45) is 2.86. The van der Waals surface area contributed by atoms with Crippen LogP contribution in [-0.4, -0.2) is 18.5 Å². The monoisotopic (exact) mass is 364 g/mol. The van der Waals surface area contributed by atoms with Crippen LogP contribution in [0.15, 0.2) is 18.2 Å². The van der Waals surface area contributed by atoms with Gasteiger partial charge in [-0.1, -0.05) is 25.8 Å². The highest BCUT2D eigenvalue weighted by Gasteiger charge is 2.18. The van der Waals surface area contributed by atoms with Gasteiger partial charge in [0, 0.05) is 16.2 Å². The molecule has 0 aliphatic rings. The molecule has 0 radical (unpaired) electrons. The van der Waals surface area contributed by atoms with Gasteiger partial charge < -0.3 is 11.1 Å². The molecular formula is C13H18FIN2O. The molecule has 1 aromatic carbocycles. The first kappa shape index (κ1) is 15.4. The first-order valence-electron chi connectivity index (χ1n) is 6.05. The molecule has 0 aliphatic heterocycles. The third-order valence-electron chi connectivity index (χ3n) is 2.72. The number of amides is 1. The van der Waals surface area contributed by atoms with Gasteiger partial charge in [-0.3, -0.25) is 4.79 Å². The molecule has 3 N–H and O–H groups in total. The first-order chi connectivity index (χ1) is 8.60. The van der Waals surface area contributed by atoms with E-state index in [1.165, 1.54) is 6.07 Å². The van der Waals surface area contributed by atoms with Crippen molar-refractivity contribution < 1.29 is 9.18 Å². The van der Waals surface area contributed by atoms with Crippen LogP contribution in [0, 0.1) is 9.39 Å². The maximum absolute atomic E-state index is 13.6. The van der Waals surface area contributed by atoms with Crippen molar-refractivity contribution in [3.8, 4) is 0 Å². The van der Waals surface area contributed by atoms with Crippen LogP contribution < -0.4 is 11.1 Å². The summed E-state index contributed by atoms with van der Waals surface area (Å²) in [7, 11) is 0. The molecule has 0 bridgehead atoms. The van der Waals surface area contributed by atoms with E-state index in [4.69, 9.17) is 5.73 Å². The van der Waals surface area contributed by atoms with E-state index < -0.39 is 5.82 Å². The molecule has 0 spiro atoms. The van der Waals surface area contributed by atoms with Crippen LogP contribution in [0.2, 0.25) is 0 Å². The normalized spacial score (nSPS) is 12.2. The molecule has 0 aliphatic carbocycles. The van der Waals surface area contributed by atoms with Crippen LogP contribution in [0.1, 0.15) is 36.5 Å². The smallest absolute Gasteiger partial charge is 0.255 e. The van der Waals surface area contributed by atoms with Crippen LogP contribution in [0.3, 0.4) is 0 Å². The molecule has 3 nitrogen and oxygen atoms in total. The third-order valence-corrected chi connectivity index (χ3v) is 3.61. The van der Waals surface area contributed by atoms with Crippen molar-refractivity contribution in [3.05, 3.63) is 33.1 Å². The Labute approximate surface area is 120 Å². The standard InChI is InChI=1S/C13H18FIN2O/c1-2-3-5-9(8-16)17-13(18)12-10(14)6-4-7-11(12)15/h4,6-7,9H,2-3,5,8,16H2,1H3,(H,17,18). The number of unbranched alkanes of at least 4 members (excludes halogenated alkanes) is 1. The Bertz CT molecular complexity index is 392. The quantitative estimate of drug-likeness (QED) is 0.763. The summed E-state index contributed by atoms with van der Waals surface area (Å²) in [4.78, 5) is 12.0. The molecule has 0 heterocycles. The fraction of sp³-hybridized carbons (Fsp3) is 0.462. The number of halogens is 2. The molecule has 0 saturated heterocycles. The fourth-order valence-corrected chi connectivity index (χ4v) is 2.38. The number of hydrogen-bond donors (Lipinski definition) is 2. The average Bonchev–Trinajstić information content (AvgIpc) is 2.34. The zero-order valence-electron chi connectivity index (χ0n) is 10.4. The van der Waals surface area contributed by atoms with Crippen LogP contribution in [0.5, 0.6) is 0 Å². The zero-order valence-corrected chi connectivity index (χ0v) is 12.5. The van der Waals surface area contributed by atoms with E-state index in [9.17, 15) is 9.18 Å². The molecule has 0 aromatic heterocycles. The van der Waals surface area contributed by atoms with E-state index in [0.717, 1.165) is 19.3 Å². The van der Waals surface area contributed by atoms with Crippen LogP contribution in [0.4, 0.5) is 4.39 Å². The molecule has 5 heteroatoms. The van der Waals surface area contributed by atoms with Gasteiger partial charge in [-0.05, 0) is 41.1 Å². The lowest BCUT2D eigenvalue weighted by atomic mass is 10.1. The van der Waals surface area contributed by atoms with Gasteiger partial charge in [-0.15, -0.1) is 0 Å². The van der Waals surface area contributed by atoms with Crippen molar-refractivity contribution in [2.24, 2.45) is 5.73 Å². The highest BCUT2D eigenvalue weighted by molar-refractivity contribution is 14.1. The Hall–Kier alpha value is -0.690. The lowest BCUT2D eigenvalue weighted by Gasteiger charge is -2.17. The van der Waals surface area contributed by atoms with E-state index in [-0.39, 0.29) is 17.5 Å². The number of carbonyl (C=O) groups is 1. The molecule has 0 saturated carbocycles. The molecule has 100 valence electrons. The first-order valence-corrected chi connectivity index (χ1v) is 7.13. The molecule has 0 fully saturated rings. The SMILES string of the molecule is CCCCC(CN)NC(=O)c1c(F)cccc1I. The maximum atomic E-state index is 13.6. The van der Waals surface area contributed by atoms with Crippen molar-refractivity contribution in [1.82, 2.24) is 5.32 Å². The summed E-state index contributed by atoms with van der Waals surface area (Å²) in [5.41, 5.74) is 5.71. The summed E-state index contributed by atoms with van der Waals surface area (Å²) in [6, 6.07) is 4.50. The highest BCUT2D eigenvalue weighted by atomic mass is 127. The zero-order chi connectivity index (χ0) is 13.5. The molecule has 1 rings (SSSR count). The Balaban J connectivity index is 2.75. The number of rotatable bonds is 6. The summed E-state index contributed by atoms with van der Waals surface area (Å²) in [6.45, 7) is 2.45. The second kappa shape index (κ2) is 7.68. The molecule has 1 amide bonds. The second-order valence-corrected chi connectivity index (χ2v) is 5.31. The van der Waals surface area contributed by atoms with Gasteiger partial charge in [-0.2, -0.15) is 0 Å². The predicted molar refractivity (Wildman–Crippen MR) is 79.0 cm³/mol. The third kappa shape index (κ3) is 4.20. The topological polar surface area (TPSA) is 55.1 Å². The van der Waals surface area contributed by atoms with Gasteiger partial charge in [0.05, 0.1) is 5.56 Å². The van der Waals surface area contributed by atoms with E-state index in [1.54, 1.807) is 12.1 Å². The minimum atomic E-state index is -0.495. The Morgan fingerprint density at radius 1 is 1.56 bits per heavy atom. The lowest BCUT2D eigenvalue weighted by Crippen LogP contribution is -2.40. The van der Waals surface area contributed by atoms with Crippen molar-refractivity contribution in [2.75, 3.05) is 6.54 Å². The van der Waals surface area contributed by atoms with Crippen LogP contribution >= 0.6 is 22.6 Å².